The van der Waals surface area contributed by atoms with Gasteiger partial charge in [-0.1, -0.05) is 93.0 Å². The van der Waals surface area contributed by atoms with Crippen LogP contribution in [0.25, 0.3) is 21.9 Å². The Labute approximate surface area is 198 Å². The summed E-state index contributed by atoms with van der Waals surface area (Å²) in [6.45, 7) is 2.26. The molecule has 4 aromatic rings. The zero-order chi connectivity index (χ0) is 22.9. The molecule has 1 heteroatoms. The van der Waals surface area contributed by atoms with Crippen LogP contribution in [0.5, 0.6) is 5.75 Å². The van der Waals surface area contributed by atoms with Gasteiger partial charge in [-0.3, -0.25) is 0 Å². The molecule has 0 aliphatic carbocycles. The monoisotopic (exact) mass is 432 g/mol. The van der Waals surface area contributed by atoms with Crippen LogP contribution in [0.3, 0.4) is 0 Å². The summed E-state index contributed by atoms with van der Waals surface area (Å²) >= 11 is 0. The van der Waals surface area contributed by atoms with Crippen LogP contribution in [0.4, 0.5) is 0 Å². The lowest BCUT2D eigenvalue weighted by atomic mass is 10.00. The van der Waals surface area contributed by atoms with Gasteiger partial charge in [-0.05, 0) is 76.7 Å². The van der Waals surface area contributed by atoms with Gasteiger partial charge < -0.3 is 4.74 Å². The number of hydrogen-bond acceptors (Lipinski definition) is 1. The Morgan fingerprint density at radius 1 is 0.606 bits per heavy atom. The van der Waals surface area contributed by atoms with Gasteiger partial charge in [0.25, 0.3) is 0 Å². The Morgan fingerprint density at radius 2 is 1.21 bits per heavy atom. The van der Waals surface area contributed by atoms with Crippen molar-refractivity contribution in [1.82, 2.24) is 0 Å². The molecule has 166 valence electrons. The minimum absolute atomic E-state index is 0.874. The molecular weight excluding hydrogens is 400 g/mol. The third-order valence-electron chi connectivity index (χ3n) is 6.14. The number of benzene rings is 4. The van der Waals surface area contributed by atoms with E-state index in [2.05, 4.69) is 91.6 Å². The van der Waals surface area contributed by atoms with E-state index in [0.29, 0.717) is 0 Å². The van der Waals surface area contributed by atoms with Gasteiger partial charge in [0.2, 0.25) is 0 Å². The van der Waals surface area contributed by atoms with Crippen LogP contribution in [0.2, 0.25) is 0 Å². The lowest BCUT2D eigenvalue weighted by Gasteiger charge is -2.05. The summed E-state index contributed by atoms with van der Waals surface area (Å²) < 4.78 is 5.30. The van der Waals surface area contributed by atoms with E-state index in [-0.39, 0.29) is 0 Å². The Kier molecular flexibility index (Phi) is 7.83. The van der Waals surface area contributed by atoms with Gasteiger partial charge in [-0.15, -0.1) is 0 Å². The number of aryl methyl sites for hydroxylation is 1. The van der Waals surface area contributed by atoms with Gasteiger partial charge in [0.15, 0.2) is 0 Å². The van der Waals surface area contributed by atoms with Crippen LogP contribution in [-0.2, 0) is 6.42 Å². The highest BCUT2D eigenvalue weighted by Crippen LogP contribution is 2.23. The summed E-state index contributed by atoms with van der Waals surface area (Å²) in [6, 6.07) is 30.0. The molecule has 0 unspecified atom stereocenters. The molecule has 0 N–H and O–H groups in total. The number of fused-ring (bicyclic) bond motifs is 1. The average molecular weight is 433 g/mol. The Bertz CT molecular complexity index is 1240. The standard InChI is InChI=1S/C32H32O/c1-3-4-5-6-7-8-25-11-16-28(17-12-25)29-18-13-26(14-19-29)9-10-27-15-20-31-24-32(33-2)22-21-30(31)23-27/h11-24H,3-8H2,1-2H3. The minimum atomic E-state index is 0.874. The number of rotatable bonds is 8. The summed E-state index contributed by atoms with van der Waals surface area (Å²) in [5, 5.41) is 2.33. The van der Waals surface area contributed by atoms with Gasteiger partial charge in [0.05, 0.1) is 7.11 Å². The lowest BCUT2D eigenvalue weighted by molar-refractivity contribution is 0.415. The van der Waals surface area contributed by atoms with Gasteiger partial charge in [-0.25, -0.2) is 0 Å². The molecule has 0 fully saturated rings. The zero-order valence-electron chi connectivity index (χ0n) is 19.7. The first-order valence-corrected chi connectivity index (χ1v) is 12.0. The molecule has 0 spiro atoms. The van der Waals surface area contributed by atoms with E-state index in [9.17, 15) is 0 Å². The SMILES string of the molecule is CCCCCCCc1ccc(-c2ccc(C#Cc3ccc4cc(OC)ccc4c3)cc2)cc1. The minimum Gasteiger partial charge on any atom is -0.497 e. The molecule has 0 radical (unpaired) electrons. The summed E-state index contributed by atoms with van der Waals surface area (Å²) in [5.41, 5.74) is 5.97. The van der Waals surface area contributed by atoms with Crippen LogP contribution in [0.1, 0.15) is 55.7 Å². The van der Waals surface area contributed by atoms with Crippen molar-refractivity contribution in [3.8, 4) is 28.7 Å². The summed E-state index contributed by atoms with van der Waals surface area (Å²) in [5.74, 6) is 7.47. The van der Waals surface area contributed by atoms with E-state index in [4.69, 9.17) is 4.74 Å². The predicted octanol–water partition coefficient (Wildman–Crippen LogP) is 8.43. The van der Waals surface area contributed by atoms with Crippen molar-refractivity contribution >= 4 is 10.8 Å². The average Bonchev–Trinajstić information content (AvgIpc) is 2.87. The number of hydrogen-bond donors (Lipinski definition) is 0. The highest BCUT2D eigenvalue weighted by atomic mass is 16.5. The molecule has 0 atom stereocenters. The molecule has 4 rings (SSSR count). The van der Waals surface area contributed by atoms with Gasteiger partial charge in [-0.2, -0.15) is 0 Å². The van der Waals surface area contributed by atoms with Gasteiger partial charge in [0.1, 0.15) is 5.75 Å². The highest BCUT2D eigenvalue weighted by molar-refractivity contribution is 5.85. The second-order valence-corrected chi connectivity index (χ2v) is 8.62. The Hall–Kier alpha value is -3.50. The molecule has 33 heavy (non-hydrogen) atoms. The summed E-state index contributed by atoms with van der Waals surface area (Å²) in [6.07, 6.45) is 7.83. The molecular formula is C32H32O. The van der Waals surface area contributed by atoms with Crippen molar-refractivity contribution in [2.24, 2.45) is 0 Å². The first kappa shape index (κ1) is 22.7. The van der Waals surface area contributed by atoms with E-state index in [0.717, 1.165) is 22.3 Å². The number of unbranched alkanes of at least 4 members (excludes halogenated alkanes) is 4. The first-order valence-electron chi connectivity index (χ1n) is 12.0. The second kappa shape index (κ2) is 11.4. The van der Waals surface area contributed by atoms with Crippen LogP contribution < -0.4 is 4.74 Å². The quantitative estimate of drug-likeness (QED) is 0.200. The fourth-order valence-corrected chi connectivity index (χ4v) is 4.12. The largest absolute Gasteiger partial charge is 0.497 e. The van der Waals surface area contributed by atoms with E-state index < -0.39 is 0 Å². The van der Waals surface area contributed by atoms with E-state index >= 15 is 0 Å². The van der Waals surface area contributed by atoms with Crippen LogP contribution >= 0.6 is 0 Å². The van der Waals surface area contributed by atoms with E-state index in [1.54, 1.807) is 7.11 Å². The maximum atomic E-state index is 5.30. The van der Waals surface area contributed by atoms with Crippen LogP contribution in [0, 0.1) is 11.8 Å². The first-order chi connectivity index (χ1) is 16.2. The molecule has 0 aliphatic rings. The number of ether oxygens (including phenoxy) is 1. The third kappa shape index (κ3) is 6.27. The van der Waals surface area contributed by atoms with E-state index in [1.165, 1.54) is 60.6 Å². The molecule has 0 saturated heterocycles. The van der Waals surface area contributed by atoms with Crippen molar-refractivity contribution < 1.29 is 4.74 Å². The lowest BCUT2D eigenvalue weighted by Crippen LogP contribution is -1.87. The van der Waals surface area contributed by atoms with Gasteiger partial charge >= 0.3 is 0 Å². The fourth-order valence-electron chi connectivity index (χ4n) is 4.12. The van der Waals surface area contributed by atoms with Gasteiger partial charge in [0, 0.05) is 11.1 Å². The maximum absolute atomic E-state index is 5.30. The van der Waals surface area contributed by atoms with E-state index in [1.807, 2.05) is 12.1 Å². The topological polar surface area (TPSA) is 9.23 Å². The van der Waals surface area contributed by atoms with Crippen molar-refractivity contribution in [1.29, 1.82) is 0 Å². The molecule has 0 saturated carbocycles. The van der Waals surface area contributed by atoms with Crippen molar-refractivity contribution in [2.45, 2.75) is 45.4 Å². The Morgan fingerprint density at radius 3 is 1.94 bits per heavy atom. The molecule has 0 amide bonds. The fraction of sp³-hybridized carbons (Fsp3) is 0.250. The van der Waals surface area contributed by atoms with Crippen molar-refractivity contribution in [3.63, 3.8) is 0 Å². The number of methoxy groups -OCH3 is 1. The van der Waals surface area contributed by atoms with Crippen molar-refractivity contribution in [2.75, 3.05) is 7.11 Å². The molecule has 0 bridgehead atoms. The summed E-state index contributed by atoms with van der Waals surface area (Å²) in [7, 11) is 1.69. The maximum Gasteiger partial charge on any atom is 0.119 e. The second-order valence-electron chi connectivity index (χ2n) is 8.62. The third-order valence-corrected chi connectivity index (χ3v) is 6.14. The Balaban J connectivity index is 1.39. The van der Waals surface area contributed by atoms with Crippen molar-refractivity contribution in [3.05, 3.63) is 102 Å². The highest BCUT2D eigenvalue weighted by Gasteiger charge is 2.00. The molecule has 0 heterocycles. The normalized spacial score (nSPS) is 10.6. The van der Waals surface area contributed by atoms with Crippen LogP contribution in [-0.4, -0.2) is 7.11 Å². The molecule has 0 aliphatic heterocycles. The smallest absolute Gasteiger partial charge is 0.119 e. The summed E-state index contributed by atoms with van der Waals surface area (Å²) in [4.78, 5) is 0. The zero-order valence-corrected chi connectivity index (χ0v) is 19.7. The van der Waals surface area contributed by atoms with Crippen LogP contribution in [0.15, 0.2) is 84.9 Å². The predicted molar refractivity (Wildman–Crippen MR) is 141 cm³/mol. The molecule has 4 aromatic carbocycles. The molecule has 1 nitrogen and oxygen atoms in total. The molecule has 0 aromatic heterocycles.